The molecule has 5 heteroatoms. The Hall–Kier alpha value is -2.14. The Morgan fingerprint density at radius 3 is 2.64 bits per heavy atom. The molecule has 25 heavy (non-hydrogen) atoms. The van der Waals surface area contributed by atoms with Crippen molar-refractivity contribution in [1.29, 1.82) is 0 Å². The van der Waals surface area contributed by atoms with Gasteiger partial charge in [0.2, 0.25) is 5.95 Å². The van der Waals surface area contributed by atoms with Crippen molar-refractivity contribution in [3.8, 4) is 0 Å². The average Bonchev–Trinajstić information content (AvgIpc) is 3.25. The number of fused-ring (bicyclic) bond motifs is 2. The molecular weight excluding hydrogens is 310 g/mol. The number of hydrogen-bond donors (Lipinski definition) is 2. The number of nitrogens with two attached hydrogens (primary N) is 1. The third-order valence-electron chi connectivity index (χ3n) is 6.14. The number of piperidine rings is 1. The van der Waals surface area contributed by atoms with Crippen LogP contribution in [-0.4, -0.2) is 35.6 Å². The zero-order valence-corrected chi connectivity index (χ0v) is 14.5. The predicted octanol–water partition coefficient (Wildman–Crippen LogP) is 2.13. The SMILES string of the molecule is Nc1nc(C2Cc3ccccc3C2)cc(N2CC3CCCNC3C2)n1. The summed E-state index contributed by atoms with van der Waals surface area (Å²) in [5, 5.41) is 3.66. The van der Waals surface area contributed by atoms with Gasteiger partial charge in [0.1, 0.15) is 5.82 Å². The molecule has 5 rings (SSSR count). The maximum Gasteiger partial charge on any atom is 0.222 e. The van der Waals surface area contributed by atoms with Gasteiger partial charge in [-0.05, 0) is 49.3 Å². The molecule has 0 saturated carbocycles. The molecule has 5 nitrogen and oxygen atoms in total. The molecule has 0 radical (unpaired) electrons. The van der Waals surface area contributed by atoms with Gasteiger partial charge in [-0.15, -0.1) is 0 Å². The molecule has 2 fully saturated rings. The molecule has 3 heterocycles. The summed E-state index contributed by atoms with van der Waals surface area (Å²) in [6.07, 6.45) is 4.71. The fourth-order valence-corrected chi connectivity index (χ4v) is 4.84. The van der Waals surface area contributed by atoms with Crippen LogP contribution in [0.4, 0.5) is 11.8 Å². The maximum absolute atomic E-state index is 6.08. The minimum atomic E-state index is 0.409. The van der Waals surface area contributed by atoms with Gasteiger partial charge in [0.05, 0.1) is 5.69 Å². The molecule has 1 aromatic carbocycles. The monoisotopic (exact) mass is 335 g/mol. The zero-order chi connectivity index (χ0) is 16.8. The number of rotatable bonds is 2. The van der Waals surface area contributed by atoms with E-state index in [0.29, 0.717) is 17.9 Å². The summed E-state index contributed by atoms with van der Waals surface area (Å²) < 4.78 is 0. The topological polar surface area (TPSA) is 67.1 Å². The lowest BCUT2D eigenvalue weighted by molar-refractivity contribution is 0.340. The van der Waals surface area contributed by atoms with Crippen molar-refractivity contribution in [2.24, 2.45) is 5.92 Å². The third-order valence-corrected chi connectivity index (χ3v) is 6.14. The molecule has 0 amide bonds. The van der Waals surface area contributed by atoms with Crippen molar-refractivity contribution >= 4 is 11.8 Å². The second kappa shape index (κ2) is 5.99. The van der Waals surface area contributed by atoms with Crippen LogP contribution in [0.5, 0.6) is 0 Å². The molecule has 2 aliphatic heterocycles. The molecule has 2 unspecified atom stereocenters. The number of nitrogen functional groups attached to an aromatic ring is 1. The highest BCUT2D eigenvalue weighted by Gasteiger charge is 2.35. The van der Waals surface area contributed by atoms with Crippen LogP contribution < -0.4 is 16.0 Å². The van der Waals surface area contributed by atoms with Crippen LogP contribution in [0.2, 0.25) is 0 Å². The van der Waals surface area contributed by atoms with Crippen LogP contribution in [-0.2, 0) is 12.8 Å². The lowest BCUT2D eigenvalue weighted by Crippen LogP contribution is -2.40. The van der Waals surface area contributed by atoms with Crippen molar-refractivity contribution < 1.29 is 0 Å². The smallest absolute Gasteiger partial charge is 0.222 e. The second-order valence-corrected chi connectivity index (χ2v) is 7.75. The Labute approximate surface area is 148 Å². The summed E-state index contributed by atoms with van der Waals surface area (Å²) in [5.41, 5.74) is 10.1. The standard InChI is InChI=1S/C20H25N5/c21-20-23-17(16-8-13-4-1-2-5-14(13)9-16)10-19(24-20)25-11-15-6-3-7-22-18(15)12-25/h1-2,4-5,10,15-16,18,22H,3,6-9,11-12H2,(H2,21,23,24). The normalized spacial score (nSPS) is 25.8. The zero-order valence-electron chi connectivity index (χ0n) is 14.5. The van der Waals surface area contributed by atoms with E-state index in [1.54, 1.807) is 0 Å². The molecule has 1 aliphatic carbocycles. The molecular formula is C20H25N5. The highest BCUT2D eigenvalue weighted by Crippen LogP contribution is 2.35. The summed E-state index contributed by atoms with van der Waals surface area (Å²) >= 11 is 0. The van der Waals surface area contributed by atoms with Gasteiger partial charge in [-0.1, -0.05) is 24.3 Å². The number of anilines is 2. The fraction of sp³-hybridized carbons (Fsp3) is 0.500. The second-order valence-electron chi connectivity index (χ2n) is 7.75. The van der Waals surface area contributed by atoms with E-state index < -0.39 is 0 Å². The lowest BCUT2D eigenvalue weighted by atomic mass is 9.94. The first kappa shape index (κ1) is 15.1. The van der Waals surface area contributed by atoms with E-state index in [4.69, 9.17) is 5.73 Å². The van der Waals surface area contributed by atoms with Crippen LogP contribution in [0, 0.1) is 5.92 Å². The van der Waals surface area contributed by atoms with E-state index in [0.717, 1.165) is 49.9 Å². The molecule has 3 N–H and O–H groups in total. The van der Waals surface area contributed by atoms with Crippen molar-refractivity contribution in [3.05, 3.63) is 47.2 Å². The third kappa shape index (κ3) is 2.76. The first-order chi connectivity index (χ1) is 12.3. The number of benzene rings is 1. The fourth-order valence-electron chi connectivity index (χ4n) is 4.84. The maximum atomic E-state index is 6.08. The van der Waals surface area contributed by atoms with E-state index in [-0.39, 0.29) is 0 Å². The lowest BCUT2D eigenvalue weighted by Gasteiger charge is -2.24. The van der Waals surface area contributed by atoms with Crippen molar-refractivity contribution in [1.82, 2.24) is 15.3 Å². The Kier molecular flexibility index (Phi) is 3.63. The Bertz CT molecular complexity index is 750. The van der Waals surface area contributed by atoms with Gasteiger partial charge >= 0.3 is 0 Å². The van der Waals surface area contributed by atoms with Gasteiger partial charge in [-0.3, -0.25) is 0 Å². The minimum absolute atomic E-state index is 0.409. The minimum Gasteiger partial charge on any atom is -0.368 e. The van der Waals surface area contributed by atoms with Crippen LogP contribution in [0.25, 0.3) is 0 Å². The van der Waals surface area contributed by atoms with E-state index in [1.165, 1.54) is 24.0 Å². The summed E-state index contributed by atoms with van der Waals surface area (Å²) in [5.74, 6) is 2.58. The quantitative estimate of drug-likeness (QED) is 0.880. The number of hydrogen-bond acceptors (Lipinski definition) is 5. The van der Waals surface area contributed by atoms with E-state index in [9.17, 15) is 0 Å². The highest BCUT2D eigenvalue weighted by atomic mass is 15.3. The summed E-state index contributed by atoms with van der Waals surface area (Å²) in [7, 11) is 0. The van der Waals surface area contributed by atoms with Crippen molar-refractivity contribution in [2.75, 3.05) is 30.3 Å². The van der Waals surface area contributed by atoms with Gasteiger partial charge in [-0.25, -0.2) is 4.98 Å². The summed E-state index contributed by atoms with van der Waals surface area (Å²) in [4.78, 5) is 11.5. The Balaban J connectivity index is 1.40. The molecule has 1 aromatic heterocycles. The van der Waals surface area contributed by atoms with Gasteiger partial charge < -0.3 is 16.0 Å². The summed E-state index contributed by atoms with van der Waals surface area (Å²) in [6, 6.07) is 11.5. The molecule has 2 aromatic rings. The number of nitrogens with zero attached hydrogens (tertiary/aromatic N) is 3. The predicted molar refractivity (Wildman–Crippen MR) is 99.8 cm³/mol. The number of nitrogens with one attached hydrogen (secondary N) is 1. The van der Waals surface area contributed by atoms with Gasteiger partial charge in [0.15, 0.2) is 0 Å². The van der Waals surface area contributed by atoms with Crippen molar-refractivity contribution in [2.45, 2.75) is 37.6 Å². The highest BCUT2D eigenvalue weighted by molar-refractivity contribution is 5.47. The van der Waals surface area contributed by atoms with Gasteiger partial charge in [0.25, 0.3) is 0 Å². The number of aromatic nitrogens is 2. The van der Waals surface area contributed by atoms with Crippen LogP contribution in [0.3, 0.4) is 0 Å². The first-order valence-corrected chi connectivity index (χ1v) is 9.46. The molecule has 130 valence electrons. The van der Waals surface area contributed by atoms with Crippen LogP contribution >= 0.6 is 0 Å². The molecule has 0 bridgehead atoms. The van der Waals surface area contributed by atoms with Crippen LogP contribution in [0.1, 0.15) is 35.6 Å². The molecule has 2 atom stereocenters. The van der Waals surface area contributed by atoms with E-state index in [1.807, 2.05) is 0 Å². The van der Waals surface area contributed by atoms with Crippen molar-refractivity contribution in [3.63, 3.8) is 0 Å². The molecule has 3 aliphatic rings. The Morgan fingerprint density at radius 1 is 1.08 bits per heavy atom. The molecule has 0 spiro atoms. The average molecular weight is 335 g/mol. The Morgan fingerprint density at radius 2 is 1.88 bits per heavy atom. The van der Waals surface area contributed by atoms with Crippen LogP contribution in [0.15, 0.2) is 30.3 Å². The van der Waals surface area contributed by atoms with Gasteiger partial charge in [0, 0.05) is 31.1 Å². The summed E-state index contributed by atoms with van der Waals surface area (Å²) in [6.45, 7) is 3.26. The van der Waals surface area contributed by atoms with Gasteiger partial charge in [-0.2, -0.15) is 4.98 Å². The molecule has 2 saturated heterocycles. The largest absolute Gasteiger partial charge is 0.368 e. The first-order valence-electron chi connectivity index (χ1n) is 9.46. The van der Waals surface area contributed by atoms with E-state index in [2.05, 4.69) is 50.5 Å². The van der Waals surface area contributed by atoms with E-state index >= 15 is 0 Å².